The molecule has 2 aromatic carbocycles. The predicted octanol–water partition coefficient (Wildman–Crippen LogP) is 2.59. The van der Waals surface area contributed by atoms with Gasteiger partial charge in [0.05, 0.1) is 11.6 Å². The maximum absolute atomic E-state index is 14.1. The number of anilines is 2. The predicted molar refractivity (Wildman–Crippen MR) is 123 cm³/mol. The van der Waals surface area contributed by atoms with E-state index in [1.54, 1.807) is 0 Å². The van der Waals surface area contributed by atoms with E-state index in [2.05, 4.69) is 4.98 Å². The summed E-state index contributed by atoms with van der Waals surface area (Å²) in [5.41, 5.74) is 6.47. The van der Waals surface area contributed by atoms with Crippen LogP contribution in [0.3, 0.4) is 0 Å². The number of primary sulfonamides is 1. The van der Waals surface area contributed by atoms with Crippen molar-refractivity contribution in [2.24, 2.45) is 16.8 Å². The Morgan fingerprint density at radius 2 is 1.76 bits per heavy atom. The van der Waals surface area contributed by atoms with E-state index in [1.165, 1.54) is 41.0 Å². The van der Waals surface area contributed by atoms with Gasteiger partial charge < -0.3 is 5.73 Å². The van der Waals surface area contributed by atoms with Gasteiger partial charge in [-0.1, -0.05) is 23.5 Å². The van der Waals surface area contributed by atoms with E-state index in [-0.39, 0.29) is 33.7 Å². The molecule has 178 valence electrons. The molecule has 0 aliphatic carbocycles. The topological polar surface area (TPSA) is 140 Å². The first-order chi connectivity index (χ1) is 16.0. The van der Waals surface area contributed by atoms with Gasteiger partial charge >= 0.3 is 6.03 Å². The highest BCUT2D eigenvalue weighted by Crippen LogP contribution is 2.34. The molecule has 3 amide bonds. The van der Waals surface area contributed by atoms with Crippen molar-refractivity contribution in [2.45, 2.75) is 11.1 Å². The second-order valence-corrected chi connectivity index (χ2v) is 10.4. The zero-order valence-electron chi connectivity index (χ0n) is 17.7. The van der Waals surface area contributed by atoms with Crippen LogP contribution < -0.4 is 20.7 Å². The van der Waals surface area contributed by atoms with Crippen LogP contribution in [0.2, 0.25) is 0 Å². The summed E-state index contributed by atoms with van der Waals surface area (Å²) in [7, 11) is -4.05. The first kappa shape index (κ1) is 23.7. The molecule has 4 rings (SSSR count). The van der Waals surface area contributed by atoms with Crippen LogP contribution in [0.15, 0.2) is 46.7 Å². The van der Waals surface area contributed by atoms with E-state index in [0.29, 0.717) is 22.6 Å². The number of aryl methyl sites for hydroxylation is 1. The zero-order chi connectivity index (χ0) is 24.8. The van der Waals surface area contributed by atoms with Gasteiger partial charge in [-0.3, -0.25) is 14.6 Å². The van der Waals surface area contributed by atoms with Crippen molar-refractivity contribution in [1.82, 2.24) is 4.98 Å². The highest BCUT2D eigenvalue weighted by Gasteiger charge is 2.38. The van der Waals surface area contributed by atoms with Crippen molar-refractivity contribution in [3.8, 4) is 11.1 Å². The lowest BCUT2D eigenvalue weighted by molar-refractivity contribution is -0.121. The van der Waals surface area contributed by atoms with E-state index < -0.39 is 39.5 Å². The Balaban J connectivity index is 1.69. The highest BCUT2D eigenvalue weighted by molar-refractivity contribution is 7.91. The van der Waals surface area contributed by atoms with Gasteiger partial charge in [0.25, 0.3) is 0 Å². The number of urea groups is 1. The van der Waals surface area contributed by atoms with Crippen molar-refractivity contribution in [3.05, 3.63) is 59.8 Å². The molecule has 0 unspecified atom stereocenters. The third-order valence-corrected chi connectivity index (χ3v) is 8.05. The molecular weight excluding hydrogens is 488 g/mol. The molecule has 9 nitrogen and oxygen atoms in total. The van der Waals surface area contributed by atoms with Gasteiger partial charge in [0.15, 0.2) is 9.34 Å². The molecular formula is C21H19F2N5O4S2. The molecule has 4 N–H and O–H groups in total. The maximum atomic E-state index is 14.1. The number of aromatic nitrogens is 1. The lowest BCUT2D eigenvalue weighted by Crippen LogP contribution is -2.56. The standard InChI is InChI=1S/C21H19F2N5O4S2/c1-11-19(34(25,31)32)33-20(26-11)28-10-13(18(24)29)9-27(21(28)30)15-5-2-12(3-6-15)16-8-14(22)4-7-17(16)23/h2-8,13H,9-10H2,1H3,(H2,24,29)(H2,25,31,32)/t13-/m0/s1. The van der Waals surface area contributed by atoms with Crippen LogP contribution in [0.5, 0.6) is 0 Å². The van der Waals surface area contributed by atoms with Crippen LogP contribution in [0.25, 0.3) is 11.1 Å². The second kappa shape index (κ2) is 8.74. The normalized spacial score (nSPS) is 16.7. The Kier molecular flexibility index (Phi) is 6.10. The summed E-state index contributed by atoms with van der Waals surface area (Å²) in [6, 6.07) is 8.64. The number of sulfonamides is 1. The number of carbonyl (C=O) groups is 2. The summed E-state index contributed by atoms with van der Waals surface area (Å²) in [4.78, 5) is 31.9. The van der Waals surface area contributed by atoms with Gasteiger partial charge in [0, 0.05) is 24.3 Å². The molecule has 1 aromatic heterocycles. The molecule has 3 aromatic rings. The summed E-state index contributed by atoms with van der Waals surface area (Å²) in [6.45, 7) is 1.33. The van der Waals surface area contributed by atoms with Gasteiger partial charge in [0.1, 0.15) is 11.6 Å². The average Bonchev–Trinajstić information content (AvgIpc) is 3.17. The largest absolute Gasteiger partial charge is 0.369 e. The first-order valence-electron chi connectivity index (χ1n) is 9.89. The minimum Gasteiger partial charge on any atom is -0.369 e. The van der Waals surface area contributed by atoms with Crippen LogP contribution in [0.4, 0.5) is 24.4 Å². The molecule has 34 heavy (non-hydrogen) atoms. The molecule has 0 spiro atoms. The van der Waals surface area contributed by atoms with Gasteiger partial charge in [-0.2, -0.15) is 0 Å². The molecule has 0 saturated carbocycles. The van der Waals surface area contributed by atoms with Crippen LogP contribution in [-0.4, -0.2) is 38.4 Å². The van der Waals surface area contributed by atoms with Gasteiger partial charge in [0.2, 0.25) is 15.9 Å². The van der Waals surface area contributed by atoms with Gasteiger partial charge in [-0.25, -0.2) is 32.1 Å². The van der Waals surface area contributed by atoms with Crippen LogP contribution in [0.1, 0.15) is 5.69 Å². The SMILES string of the molecule is Cc1nc(N2C[C@@H](C(N)=O)CN(c3ccc(-c4cc(F)ccc4F)cc3)C2=O)sc1S(N)(=O)=O. The van der Waals surface area contributed by atoms with E-state index in [4.69, 9.17) is 10.9 Å². The molecule has 1 aliphatic heterocycles. The minimum atomic E-state index is -4.05. The number of amides is 3. The number of thiazole rings is 1. The monoisotopic (exact) mass is 507 g/mol. The third kappa shape index (κ3) is 4.49. The molecule has 0 radical (unpaired) electrons. The summed E-state index contributed by atoms with van der Waals surface area (Å²) in [5.74, 6) is -2.63. The smallest absolute Gasteiger partial charge is 0.330 e. The number of carbonyl (C=O) groups excluding carboxylic acids is 2. The molecule has 2 heterocycles. The summed E-state index contributed by atoms with van der Waals surface area (Å²) in [6.07, 6.45) is 0. The Morgan fingerprint density at radius 3 is 2.35 bits per heavy atom. The number of rotatable bonds is 5. The lowest BCUT2D eigenvalue weighted by atomic mass is 10.0. The van der Waals surface area contributed by atoms with Crippen LogP contribution in [-0.2, 0) is 14.8 Å². The summed E-state index contributed by atoms with van der Waals surface area (Å²) in [5, 5.41) is 5.27. The first-order valence-corrected chi connectivity index (χ1v) is 12.3. The Labute approximate surface area is 197 Å². The van der Waals surface area contributed by atoms with E-state index in [1.807, 2.05) is 0 Å². The number of primary amides is 1. The highest BCUT2D eigenvalue weighted by atomic mass is 32.2. The van der Waals surface area contributed by atoms with Gasteiger partial charge in [-0.05, 0) is 42.8 Å². The van der Waals surface area contributed by atoms with Crippen LogP contribution in [0, 0.1) is 24.5 Å². The van der Waals surface area contributed by atoms with E-state index >= 15 is 0 Å². The quantitative estimate of drug-likeness (QED) is 0.546. The Hall–Kier alpha value is -3.42. The number of nitrogens with two attached hydrogens (primary N) is 2. The van der Waals surface area contributed by atoms with Crippen molar-refractivity contribution in [2.75, 3.05) is 22.9 Å². The molecule has 13 heteroatoms. The fraction of sp³-hybridized carbons (Fsp3) is 0.190. The maximum Gasteiger partial charge on any atom is 0.330 e. The number of nitrogens with zero attached hydrogens (tertiary/aromatic N) is 3. The van der Waals surface area contributed by atoms with Crippen molar-refractivity contribution in [1.29, 1.82) is 0 Å². The fourth-order valence-electron chi connectivity index (χ4n) is 3.64. The molecule has 1 saturated heterocycles. The van der Waals surface area contributed by atoms with E-state index in [0.717, 1.165) is 18.2 Å². The number of hydrogen-bond donors (Lipinski definition) is 2. The fourth-order valence-corrected chi connectivity index (χ4v) is 5.59. The lowest BCUT2D eigenvalue weighted by Gasteiger charge is -2.37. The van der Waals surface area contributed by atoms with E-state index in [9.17, 15) is 26.8 Å². The molecule has 0 bridgehead atoms. The molecule has 1 atom stereocenters. The zero-order valence-corrected chi connectivity index (χ0v) is 19.4. The molecule has 1 fully saturated rings. The average molecular weight is 508 g/mol. The Morgan fingerprint density at radius 1 is 1.12 bits per heavy atom. The number of hydrogen-bond acceptors (Lipinski definition) is 6. The molecule has 1 aliphatic rings. The van der Waals surface area contributed by atoms with Gasteiger partial charge in [-0.15, -0.1) is 0 Å². The second-order valence-electron chi connectivity index (χ2n) is 7.69. The Bertz CT molecular complexity index is 1390. The van der Waals surface area contributed by atoms with Crippen molar-refractivity contribution < 1.29 is 26.8 Å². The minimum absolute atomic E-state index is 0.0231. The summed E-state index contributed by atoms with van der Waals surface area (Å²) < 4.78 is 51.1. The van der Waals surface area contributed by atoms with Crippen molar-refractivity contribution in [3.63, 3.8) is 0 Å². The third-order valence-electron chi connectivity index (χ3n) is 5.32. The number of halogens is 2. The summed E-state index contributed by atoms with van der Waals surface area (Å²) >= 11 is 0.715. The van der Waals surface area contributed by atoms with Crippen LogP contribution >= 0.6 is 11.3 Å². The van der Waals surface area contributed by atoms with Crippen molar-refractivity contribution >= 4 is 44.1 Å². The number of benzene rings is 2.